The van der Waals surface area contributed by atoms with Crippen LogP contribution in [0.15, 0.2) is 35.2 Å². The predicted octanol–water partition coefficient (Wildman–Crippen LogP) is 2.55. The van der Waals surface area contributed by atoms with Gasteiger partial charge in [-0.15, -0.1) is 11.3 Å². The van der Waals surface area contributed by atoms with Crippen LogP contribution in [0, 0.1) is 0 Å². The molecule has 2 amide bonds. The summed E-state index contributed by atoms with van der Waals surface area (Å²) >= 11 is 7.60. The molecular weight excluding hydrogens is 322 g/mol. The Morgan fingerprint density at radius 3 is 2.86 bits per heavy atom. The molecule has 7 heteroatoms. The van der Waals surface area contributed by atoms with Gasteiger partial charge in [-0.05, 0) is 13.0 Å². The fourth-order valence-corrected chi connectivity index (χ4v) is 2.91. The Labute approximate surface area is 138 Å². The minimum Gasteiger partial charge on any atom is -0.384 e. The summed E-state index contributed by atoms with van der Waals surface area (Å²) in [7, 11) is 0. The van der Waals surface area contributed by atoms with Gasteiger partial charge in [0.15, 0.2) is 0 Å². The molecule has 1 heterocycles. The Hall–Kier alpha value is -1.63. The molecule has 0 bridgehead atoms. The Kier molecular flexibility index (Phi) is 5.76. The third-order valence-corrected chi connectivity index (χ3v) is 4.16. The number of aliphatic hydroxyl groups is 1. The van der Waals surface area contributed by atoms with Crippen LogP contribution in [0.4, 0.5) is 4.79 Å². The molecular formula is C15H18ClN3O2S. The maximum absolute atomic E-state index is 11.8. The summed E-state index contributed by atoms with van der Waals surface area (Å²) in [4.78, 5) is 15.9. The summed E-state index contributed by atoms with van der Waals surface area (Å²) in [6, 6.07) is 6.70. The number of rotatable bonds is 6. The number of hydrogen-bond acceptors (Lipinski definition) is 4. The van der Waals surface area contributed by atoms with Crippen LogP contribution < -0.4 is 10.6 Å². The van der Waals surface area contributed by atoms with E-state index in [2.05, 4.69) is 15.6 Å². The average Bonchev–Trinajstić information content (AvgIpc) is 2.99. The Morgan fingerprint density at radius 1 is 1.41 bits per heavy atom. The van der Waals surface area contributed by atoms with E-state index in [1.807, 2.05) is 5.38 Å². The van der Waals surface area contributed by atoms with E-state index < -0.39 is 5.60 Å². The number of aromatic nitrogens is 1. The quantitative estimate of drug-likeness (QED) is 0.757. The molecule has 0 saturated heterocycles. The van der Waals surface area contributed by atoms with Crippen LogP contribution in [0.1, 0.15) is 18.2 Å². The van der Waals surface area contributed by atoms with Gasteiger partial charge in [-0.25, -0.2) is 9.78 Å². The van der Waals surface area contributed by atoms with Gasteiger partial charge in [0.05, 0.1) is 17.7 Å². The summed E-state index contributed by atoms with van der Waals surface area (Å²) < 4.78 is 0. The molecule has 0 spiro atoms. The van der Waals surface area contributed by atoms with E-state index >= 15 is 0 Å². The molecule has 0 radical (unpaired) electrons. The number of carbonyl (C=O) groups is 1. The Morgan fingerprint density at radius 2 is 2.18 bits per heavy atom. The van der Waals surface area contributed by atoms with Crippen LogP contribution >= 0.6 is 22.9 Å². The molecule has 2 rings (SSSR count). The molecule has 0 aliphatic carbocycles. The summed E-state index contributed by atoms with van der Waals surface area (Å²) in [5.74, 6) is 0. The molecule has 1 aromatic heterocycles. The van der Waals surface area contributed by atoms with Crippen molar-refractivity contribution in [2.75, 3.05) is 13.1 Å². The van der Waals surface area contributed by atoms with Gasteiger partial charge in [-0.2, -0.15) is 0 Å². The van der Waals surface area contributed by atoms with Crippen LogP contribution in [0.2, 0.25) is 5.02 Å². The zero-order valence-electron chi connectivity index (χ0n) is 12.2. The van der Waals surface area contributed by atoms with Crippen molar-refractivity contribution in [2.24, 2.45) is 0 Å². The Balaban J connectivity index is 1.78. The van der Waals surface area contributed by atoms with Gasteiger partial charge in [0.25, 0.3) is 0 Å². The highest BCUT2D eigenvalue weighted by Crippen LogP contribution is 2.26. The number of halogens is 1. The van der Waals surface area contributed by atoms with Crippen LogP contribution in [-0.2, 0) is 12.0 Å². The fraction of sp³-hybridized carbons (Fsp3) is 0.333. The van der Waals surface area contributed by atoms with Crippen molar-refractivity contribution >= 4 is 29.0 Å². The second kappa shape index (κ2) is 7.58. The van der Waals surface area contributed by atoms with E-state index in [1.54, 1.807) is 36.7 Å². The van der Waals surface area contributed by atoms with E-state index in [0.717, 1.165) is 5.69 Å². The predicted molar refractivity (Wildman–Crippen MR) is 88.2 cm³/mol. The van der Waals surface area contributed by atoms with Crippen molar-refractivity contribution in [3.05, 3.63) is 51.4 Å². The Bertz CT molecular complexity index is 617. The van der Waals surface area contributed by atoms with Crippen LogP contribution in [-0.4, -0.2) is 29.2 Å². The first-order valence-electron chi connectivity index (χ1n) is 6.85. The van der Waals surface area contributed by atoms with Crippen LogP contribution in [0.3, 0.4) is 0 Å². The first-order valence-corrected chi connectivity index (χ1v) is 8.17. The number of nitrogens with one attached hydrogen (secondary N) is 2. The van der Waals surface area contributed by atoms with Crippen molar-refractivity contribution < 1.29 is 9.90 Å². The highest BCUT2D eigenvalue weighted by Gasteiger charge is 2.25. The zero-order chi connectivity index (χ0) is 16.0. The first-order chi connectivity index (χ1) is 10.5. The highest BCUT2D eigenvalue weighted by atomic mass is 35.5. The smallest absolute Gasteiger partial charge is 0.314 e. The van der Waals surface area contributed by atoms with E-state index in [1.165, 1.54) is 11.3 Å². The minimum atomic E-state index is -1.23. The lowest BCUT2D eigenvalue weighted by Crippen LogP contribution is -2.44. The maximum atomic E-state index is 11.8. The van der Waals surface area contributed by atoms with Crippen LogP contribution in [0.25, 0.3) is 0 Å². The van der Waals surface area contributed by atoms with Gasteiger partial charge in [0.2, 0.25) is 0 Å². The van der Waals surface area contributed by atoms with Gasteiger partial charge < -0.3 is 15.7 Å². The van der Waals surface area contributed by atoms with Gasteiger partial charge in [-0.1, -0.05) is 29.8 Å². The number of thiazole rings is 1. The molecule has 2 aromatic rings. The number of amides is 2. The van der Waals surface area contributed by atoms with E-state index in [4.69, 9.17) is 11.6 Å². The molecule has 3 N–H and O–H groups in total. The van der Waals surface area contributed by atoms with Gasteiger partial charge in [-0.3, -0.25) is 0 Å². The maximum Gasteiger partial charge on any atom is 0.314 e. The molecule has 0 saturated carbocycles. The van der Waals surface area contributed by atoms with Crippen molar-refractivity contribution in [3.8, 4) is 0 Å². The van der Waals surface area contributed by atoms with E-state index in [9.17, 15) is 9.90 Å². The molecule has 1 aromatic carbocycles. The first kappa shape index (κ1) is 16.7. The minimum absolute atomic E-state index is 0.0687. The normalized spacial score (nSPS) is 13.4. The largest absolute Gasteiger partial charge is 0.384 e. The summed E-state index contributed by atoms with van der Waals surface area (Å²) in [6.07, 6.45) is 0.678. The van der Waals surface area contributed by atoms with Gasteiger partial charge >= 0.3 is 6.03 Å². The highest BCUT2D eigenvalue weighted by molar-refractivity contribution is 7.07. The number of hydrogen-bond donors (Lipinski definition) is 3. The summed E-state index contributed by atoms with van der Waals surface area (Å²) in [6.45, 7) is 2.17. The molecule has 5 nitrogen and oxygen atoms in total. The number of carbonyl (C=O) groups excluding carboxylic acids is 1. The van der Waals surface area contributed by atoms with Crippen molar-refractivity contribution in [1.82, 2.24) is 15.6 Å². The second-order valence-electron chi connectivity index (χ2n) is 5.09. The molecule has 0 aliphatic heterocycles. The van der Waals surface area contributed by atoms with Gasteiger partial charge in [0, 0.05) is 28.9 Å². The van der Waals surface area contributed by atoms with Gasteiger partial charge in [0.1, 0.15) is 5.60 Å². The van der Waals surface area contributed by atoms with Crippen LogP contribution in [0.5, 0.6) is 0 Å². The molecule has 0 fully saturated rings. The van der Waals surface area contributed by atoms with E-state index in [-0.39, 0.29) is 12.6 Å². The summed E-state index contributed by atoms with van der Waals surface area (Å²) in [5, 5.41) is 18.3. The monoisotopic (exact) mass is 339 g/mol. The van der Waals surface area contributed by atoms with E-state index in [0.29, 0.717) is 23.6 Å². The summed E-state index contributed by atoms with van der Waals surface area (Å²) in [5.41, 5.74) is 2.06. The SMILES string of the molecule is C[C@@](O)(CNC(=O)NCCc1cscn1)c1ccccc1Cl. The lowest BCUT2D eigenvalue weighted by Gasteiger charge is -2.25. The topological polar surface area (TPSA) is 74.2 Å². The lowest BCUT2D eigenvalue weighted by molar-refractivity contribution is 0.0595. The zero-order valence-corrected chi connectivity index (χ0v) is 13.7. The second-order valence-corrected chi connectivity index (χ2v) is 6.22. The molecule has 118 valence electrons. The molecule has 0 aliphatic rings. The standard InChI is InChI=1S/C15H18ClN3O2S/c1-15(21,12-4-2-3-5-13(12)16)9-18-14(20)17-7-6-11-8-22-10-19-11/h2-5,8,10,21H,6-7,9H2,1H3,(H2,17,18,20)/t15-/m1/s1. The number of benzene rings is 1. The molecule has 0 unspecified atom stereocenters. The van der Waals surface area contributed by atoms with Crippen molar-refractivity contribution in [3.63, 3.8) is 0 Å². The van der Waals surface area contributed by atoms with Crippen molar-refractivity contribution in [2.45, 2.75) is 18.9 Å². The van der Waals surface area contributed by atoms with Crippen molar-refractivity contribution in [1.29, 1.82) is 0 Å². The third kappa shape index (κ3) is 4.69. The molecule has 1 atom stereocenters. The average molecular weight is 340 g/mol. The number of urea groups is 1. The number of nitrogens with zero attached hydrogens (tertiary/aromatic N) is 1. The molecule has 22 heavy (non-hydrogen) atoms. The third-order valence-electron chi connectivity index (χ3n) is 3.20. The fourth-order valence-electron chi connectivity index (χ4n) is 1.97. The lowest BCUT2D eigenvalue weighted by atomic mass is 9.96.